The summed E-state index contributed by atoms with van der Waals surface area (Å²) in [6.45, 7) is 2.16. The molecule has 4 rings (SSSR count). The maximum Gasteiger partial charge on any atom is 0.313 e. The van der Waals surface area contributed by atoms with Gasteiger partial charge in [0.15, 0.2) is 0 Å². The fourth-order valence-electron chi connectivity index (χ4n) is 5.03. The molecule has 26 heavy (non-hydrogen) atoms. The number of likely N-dealkylation sites (tertiary alicyclic amines) is 2. The zero-order valence-electron chi connectivity index (χ0n) is 15.5. The van der Waals surface area contributed by atoms with Gasteiger partial charge in [0.05, 0.1) is 12.7 Å². The first-order valence-corrected chi connectivity index (χ1v) is 9.35. The van der Waals surface area contributed by atoms with Crippen LogP contribution in [0.2, 0.25) is 0 Å². The summed E-state index contributed by atoms with van der Waals surface area (Å²) in [4.78, 5) is 29.1. The molecule has 1 aliphatic carbocycles. The van der Waals surface area contributed by atoms with Crippen LogP contribution in [0.5, 0.6) is 5.75 Å². The molecule has 1 N–H and O–H groups in total. The van der Waals surface area contributed by atoms with Crippen molar-refractivity contribution in [1.82, 2.24) is 9.80 Å². The fraction of sp³-hybridized carbons (Fsp3) is 0.600. The predicted molar refractivity (Wildman–Crippen MR) is 96.6 cm³/mol. The number of carboxylic acid groups (broad SMARTS) is 1. The Morgan fingerprint density at radius 3 is 2.65 bits per heavy atom. The standard InChI is InChI=1S/C20H26N2O4/c1-21-7-6-15-10-22(12-20(15,11-21)19(24)25)18(23)16-8-13-4-3-5-14(13)9-17(16)26-2/h8-9,15H,3-7,10-12H2,1-2H3,(H,24,25)/t15-,20-/m1/s1. The van der Waals surface area contributed by atoms with Gasteiger partial charge in [-0.2, -0.15) is 0 Å². The molecule has 0 aromatic heterocycles. The number of nitrogens with zero attached hydrogens (tertiary/aromatic N) is 2. The van der Waals surface area contributed by atoms with Crippen LogP contribution in [0.3, 0.4) is 0 Å². The zero-order valence-corrected chi connectivity index (χ0v) is 15.5. The van der Waals surface area contributed by atoms with Crippen LogP contribution in [0, 0.1) is 11.3 Å². The highest BCUT2D eigenvalue weighted by Gasteiger charge is 2.55. The number of ether oxygens (including phenoxy) is 1. The summed E-state index contributed by atoms with van der Waals surface area (Å²) in [5.74, 6) is -0.271. The maximum atomic E-state index is 13.3. The van der Waals surface area contributed by atoms with Gasteiger partial charge in [0.2, 0.25) is 0 Å². The number of aryl methyl sites for hydroxylation is 2. The Kier molecular flexibility index (Phi) is 4.18. The van der Waals surface area contributed by atoms with Crippen molar-refractivity contribution in [3.8, 4) is 5.75 Å². The maximum absolute atomic E-state index is 13.3. The summed E-state index contributed by atoms with van der Waals surface area (Å²) in [5.41, 5.74) is 2.20. The van der Waals surface area contributed by atoms with Crippen LogP contribution in [0.4, 0.5) is 0 Å². The number of rotatable bonds is 3. The minimum absolute atomic E-state index is 0.0144. The predicted octanol–water partition coefficient (Wildman–Crippen LogP) is 1.66. The van der Waals surface area contributed by atoms with Crippen LogP contribution in [-0.2, 0) is 17.6 Å². The molecule has 3 aliphatic rings. The molecule has 0 bridgehead atoms. The van der Waals surface area contributed by atoms with Gasteiger partial charge in [-0.3, -0.25) is 9.59 Å². The van der Waals surface area contributed by atoms with Crippen molar-refractivity contribution < 1.29 is 19.4 Å². The third kappa shape index (κ3) is 2.58. The summed E-state index contributed by atoms with van der Waals surface area (Å²) in [7, 11) is 3.54. The van der Waals surface area contributed by atoms with Crippen LogP contribution in [0.1, 0.15) is 34.3 Å². The van der Waals surface area contributed by atoms with E-state index in [1.54, 1.807) is 12.0 Å². The van der Waals surface area contributed by atoms with E-state index in [2.05, 4.69) is 4.90 Å². The number of aliphatic carboxylic acids is 1. The highest BCUT2D eigenvalue weighted by Crippen LogP contribution is 2.43. The number of carbonyl (C=O) groups is 2. The van der Waals surface area contributed by atoms with Crippen LogP contribution < -0.4 is 4.74 Å². The van der Waals surface area contributed by atoms with Gasteiger partial charge in [0, 0.05) is 19.6 Å². The number of carbonyl (C=O) groups excluding carboxylic acids is 1. The number of piperidine rings is 1. The van der Waals surface area contributed by atoms with E-state index in [0.29, 0.717) is 24.4 Å². The first-order chi connectivity index (χ1) is 12.4. The largest absolute Gasteiger partial charge is 0.496 e. The van der Waals surface area contributed by atoms with Crippen molar-refractivity contribution in [2.24, 2.45) is 11.3 Å². The minimum Gasteiger partial charge on any atom is -0.496 e. The van der Waals surface area contributed by atoms with Gasteiger partial charge < -0.3 is 19.6 Å². The number of carboxylic acids is 1. The van der Waals surface area contributed by atoms with E-state index in [1.807, 2.05) is 19.2 Å². The van der Waals surface area contributed by atoms with Gasteiger partial charge in [-0.25, -0.2) is 0 Å². The molecule has 1 aromatic carbocycles. The van der Waals surface area contributed by atoms with E-state index in [9.17, 15) is 14.7 Å². The highest BCUT2D eigenvalue weighted by molar-refractivity contribution is 5.98. The molecule has 6 heteroatoms. The lowest BCUT2D eigenvalue weighted by molar-refractivity contribution is -0.153. The van der Waals surface area contributed by atoms with E-state index in [1.165, 1.54) is 11.1 Å². The van der Waals surface area contributed by atoms with Crippen molar-refractivity contribution >= 4 is 11.9 Å². The Balaban J connectivity index is 1.65. The molecule has 0 unspecified atom stereocenters. The molecule has 0 saturated carbocycles. The lowest BCUT2D eigenvalue weighted by atomic mass is 9.73. The van der Waals surface area contributed by atoms with Gasteiger partial charge in [0.25, 0.3) is 5.91 Å². The van der Waals surface area contributed by atoms with Gasteiger partial charge in [-0.05, 0) is 68.5 Å². The van der Waals surface area contributed by atoms with E-state index in [-0.39, 0.29) is 18.4 Å². The lowest BCUT2D eigenvalue weighted by Gasteiger charge is -2.39. The molecule has 1 amide bonds. The topological polar surface area (TPSA) is 70.1 Å². The molecule has 0 spiro atoms. The molecule has 6 nitrogen and oxygen atoms in total. The molecule has 0 radical (unpaired) electrons. The van der Waals surface area contributed by atoms with E-state index in [0.717, 1.165) is 32.2 Å². The summed E-state index contributed by atoms with van der Waals surface area (Å²) in [6.07, 6.45) is 3.94. The Morgan fingerprint density at radius 1 is 1.23 bits per heavy atom. The lowest BCUT2D eigenvalue weighted by Crippen LogP contribution is -2.52. The second kappa shape index (κ2) is 6.27. The quantitative estimate of drug-likeness (QED) is 0.890. The molecule has 2 atom stereocenters. The molecule has 140 valence electrons. The normalized spacial score (nSPS) is 27.9. The molecule has 2 fully saturated rings. The number of fused-ring (bicyclic) bond motifs is 2. The number of hydrogen-bond acceptors (Lipinski definition) is 4. The second-order valence-electron chi connectivity index (χ2n) is 8.05. The third-order valence-electron chi connectivity index (χ3n) is 6.46. The number of benzene rings is 1. The van der Waals surface area contributed by atoms with E-state index in [4.69, 9.17) is 4.74 Å². The van der Waals surface area contributed by atoms with Crippen molar-refractivity contribution in [2.75, 3.05) is 40.3 Å². The average molecular weight is 358 g/mol. The monoisotopic (exact) mass is 358 g/mol. The highest BCUT2D eigenvalue weighted by atomic mass is 16.5. The van der Waals surface area contributed by atoms with Crippen molar-refractivity contribution in [1.29, 1.82) is 0 Å². The van der Waals surface area contributed by atoms with Crippen molar-refractivity contribution in [3.05, 3.63) is 28.8 Å². The average Bonchev–Trinajstić information content (AvgIpc) is 3.23. The first kappa shape index (κ1) is 17.3. The molecular formula is C20H26N2O4. The Labute approximate surface area is 153 Å². The SMILES string of the molecule is COc1cc2c(cc1C(=O)N1C[C@H]3CCN(C)C[C@@]3(C(=O)O)C1)CCC2. The molecule has 1 aromatic rings. The van der Waals surface area contributed by atoms with Crippen molar-refractivity contribution in [2.45, 2.75) is 25.7 Å². The third-order valence-corrected chi connectivity index (χ3v) is 6.46. The fourth-order valence-corrected chi connectivity index (χ4v) is 5.03. The number of methoxy groups -OCH3 is 1. The number of hydrogen-bond donors (Lipinski definition) is 1. The summed E-state index contributed by atoms with van der Waals surface area (Å²) < 4.78 is 5.49. The van der Waals surface area contributed by atoms with Crippen molar-refractivity contribution in [3.63, 3.8) is 0 Å². The Hall–Kier alpha value is -2.08. The summed E-state index contributed by atoms with van der Waals surface area (Å²) >= 11 is 0. The van der Waals surface area contributed by atoms with Gasteiger partial charge in [-0.1, -0.05) is 0 Å². The summed E-state index contributed by atoms with van der Waals surface area (Å²) in [6, 6.07) is 3.95. The molecule has 2 heterocycles. The van der Waals surface area contributed by atoms with Crippen LogP contribution in [-0.4, -0.2) is 67.1 Å². The molecular weight excluding hydrogens is 332 g/mol. The van der Waals surface area contributed by atoms with Crippen LogP contribution in [0.25, 0.3) is 0 Å². The van der Waals surface area contributed by atoms with Gasteiger partial charge >= 0.3 is 5.97 Å². The van der Waals surface area contributed by atoms with E-state index < -0.39 is 11.4 Å². The Morgan fingerprint density at radius 2 is 1.96 bits per heavy atom. The zero-order chi connectivity index (χ0) is 18.5. The first-order valence-electron chi connectivity index (χ1n) is 9.35. The van der Waals surface area contributed by atoms with Gasteiger partial charge in [0.1, 0.15) is 11.2 Å². The summed E-state index contributed by atoms with van der Waals surface area (Å²) in [5, 5.41) is 9.93. The molecule has 2 aliphatic heterocycles. The van der Waals surface area contributed by atoms with Crippen LogP contribution in [0.15, 0.2) is 12.1 Å². The number of amides is 1. The Bertz CT molecular complexity index is 762. The van der Waals surface area contributed by atoms with E-state index >= 15 is 0 Å². The molecule has 2 saturated heterocycles. The van der Waals surface area contributed by atoms with Gasteiger partial charge in [-0.15, -0.1) is 0 Å². The smallest absolute Gasteiger partial charge is 0.313 e. The second-order valence-corrected chi connectivity index (χ2v) is 8.05. The minimum atomic E-state index is -0.855. The van der Waals surface area contributed by atoms with Crippen LogP contribution >= 0.6 is 0 Å².